The molecule has 7 heteroatoms. The third kappa shape index (κ3) is 2.71. The molecule has 0 unspecified atom stereocenters. The molecule has 22 heavy (non-hydrogen) atoms. The van der Waals surface area contributed by atoms with Crippen LogP contribution in [-0.4, -0.2) is 59.7 Å². The standard InChI is InChI=1S/C15H17N3O3.ClH/c1-10-8-16-6-7-17(10)13(19)9-18-14(20)11-4-2-3-5-12(11)15(18)21;/h2-5,10,16H,6-9H2,1H3;1H/t10-;/m0./s1. The Morgan fingerprint density at radius 1 is 1.23 bits per heavy atom. The number of hydrogen-bond acceptors (Lipinski definition) is 4. The van der Waals surface area contributed by atoms with Gasteiger partial charge in [-0.15, -0.1) is 12.4 Å². The molecule has 0 radical (unpaired) electrons. The molecule has 3 amide bonds. The monoisotopic (exact) mass is 323 g/mol. The van der Waals surface area contributed by atoms with E-state index >= 15 is 0 Å². The maximum Gasteiger partial charge on any atom is 0.262 e. The van der Waals surface area contributed by atoms with Crippen molar-refractivity contribution in [2.75, 3.05) is 26.2 Å². The van der Waals surface area contributed by atoms with E-state index in [0.29, 0.717) is 17.7 Å². The Labute approximate surface area is 134 Å². The van der Waals surface area contributed by atoms with E-state index in [9.17, 15) is 14.4 Å². The molecule has 118 valence electrons. The first kappa shape index (κ1) is 16.5. The van der Waals surface area contributed by atoms with E-state index < -0.39 is 0 Å². The molecule has 1 fully saturated rings. The summed E-state index contributed by atoms with van der Waals surface area (Å²) in [6.07, 6.45) is 0. The summed E-state index contributed by atoms with van der Waals surface area (Å²) in [4.78, 5) is 39.6. The van der Waals surface area contributed by atoms with E-state index in [4.69, 9.17) is 0 Å². The number of nitrogens with zero attached hydrogens (tertiary/aromatic N) is 2. The second-order valence-corrected chi connectivity index (χ2v) is 5.38. The molecule has 2 aliphatic heterocycles. The molecule has 1 aromatic rings. The number of hydrogen-bond donors (Lipinski definition) is 1. The average Bonchev–Trinajstić information content (AvgIpc) is 2.73. The highest BCUT2D eigenvalue weighted by Crippen LogP contribution is 2.22. The van der Waals surface area contributed by atoms with Crippen molar-refractivity contribution in [2.45, 2.75) is 13.0 Å². The maximum absolute atomic E-state index is 12.4. The molecule has 1 N–H and O–H groups in total. The fraction of sp³-hybridized carbons (Fsp3) is 0.400. The summed E-state index contributed by atoms with van der Waals surface area (Å²) in [6, 6.07) is 6.74. The summed E-state index contributed by atoms with van der Waals surface area (Å²) in [7, 11) is 0. The van der Waals surface area contributed by atoms with E-state index in [0.717, 1.165) is 18.0 Å². The highest BCUT2D eigenvalue weighted by atomic mass is 35.5. The van der Waals surface area contributed by atoms with Gasteiger partial charge in [0, 0.05) is 25.7 Å². The minimum Gasteiger partial charge on any atom is -0.336 e. The summed E-state index contributed by atoms with van der Waals surface area (Å²) in [5.74, 6) is -0.947. The van der Waals surface area contributed by atoms with Crippen LogP contribution in [0.1, 0.15) is 27.6 Å². The van der Waals surface area contributed by atoms with Crippen molar-refractivity contribution in [2.24, 2.45) is 0 Å². The van der Waals surface area contributed by atoms with Crippen molar-refractivity contribution in [3.8, 4) is 0 Å². The van der Waals surface area contributed by atoms with Gasteiger partial charge in [0.05, 0.1) is 11.1 Å². The van der Waals surface area contributed by atoms with Gasteiger partial charge in [0.25, 0.3) is 11.8 Å². The number of carbonyl (C=O) groups is 3. The summed E-state index contributed by atoms with van der Waals surface area (Å²) in [5, 5.41) is 3.20. The van der Waals surface area contributed by atoms with Crippen LogP contribution in [0.2, 0.25) is 0 Å². The first-order chi connectivity index (χ1) is 10.1. The fourth-order valence-corrected chi connectivity index (χ4v) is 2.82. The van der Waals surface area contributed by atoms with Crippen LogP contribution in [0.5, 0.6) is 0 Å². The predicted octanol–water partition coefficient (Wildman–Crippen LogP) is 0.525. The van der Waals surface area contributed by atoms with Crippen LogP contribution in [0.25, 0.3) is 0 Å². The van der Waals surface area contributed by atoms with Gasteiger partial charge in [0.1, 0.15) is 6.54 Å². The molecular weight excluding hydrogens is 306 g/mol. The molecule has 2 aliphatic rings. The third-order valence-electron chi connectivity index (χ3n) is 3.99. The van der Waals surface area contributed by atoms with E-state index in [-0.39, 0.29) is 42.7 Å². The lowest BCUT2D eigenvalue weighted by atomic mass is 10.1. The van der Waals surface area contributed by atoms with E-state index in [2.05, 4.69) is 5.32 Å². The Balaban J connectivity index is 0.00000176. The van der Waals surface area contributed by atoms with Crippen molar-refractivity contribution in [3.63, 3.8) is 0 Å². The van der Waals surface area contributed by atoms with Crippen LogP contribution < -0.4 is 5.32 Å². The molecule has 0 spiro atoms. The van der Waals surface area contributed by atoms with Gasteiger partial charge in [-0.1, -0.05) is 12.1 Å². The first-order valence-electron chi connectivity index (χ1n) is 7.05. The van der Waals surface area contributed by atoms with Crippen LogP contribution in [0.4, 0.5) is 0 Å². The summed E-state index contributed by atoms with van der Waals surface area (Å²) in [6.45, 7) is 3.83. The van der Waals surface area contributed by atoms with Crippen molar-refractivity contribution in [1.29, 1.82) is 0 Å². The lowest BCUT2D eigenvalue weighted by molar-refractivity contribution is -0.134. The topological polar surface area (TPSA) is 69.7 Å². The van der Waals surface area contributed by atoms with E-state index in [1.807, 2.05) is 6.92 Å². The Morgan fingerprint density at radius 2 is 1.82 bits per heavy atom. The van der Waals surface area contributed by atoms with Gasteiger partial charge in [0.2, 0.25) is 5.91 Å². The van der Waals surface area contributed by atoms with Gasteiger partial charge < -0.3 is 10.2 Å². The van der Waals surface area contributed by atoms with Crippen LogP contribution in [0.15, 0.2) is 24.3 Å². The molecule has 1 saturated heterocycles. The van der Waals surface area contributed by atoms with E-state index in [1.165, 1.54) is 0 Å². The summed E-state index contributed by atoms with van der Waals surface area (Å²) >= 11 is 0. The Hall–Kier alpha value is -1.92. The number of imide groups is 1. The number of nitrogens with one attached hydrogen (secondary N) is 1. The molecule has 6 nitrogen and oxygen atoms in total. The number of benzene rings is 1. The van der Waals surface area contributed by atoms with Gasteiger partial charge in [-0.3, -0.25) is 19.3 Å². The minimum atomic E-state index is -0.383. The van der Waals surface area contributed by atoms with Gasteiger partial charge in [-0.2, -0.15) is 0 Å². The molecule has 0 aromatic heterocycles. The van der Waals surface area contributed by atoms with Gasteiger partial charge in [-0.25, -0.2) is 0 Å². The highest BCUT2D eigenvalue weighted by molar-refractivity contribution is 6.22. The number of fused-ring (bicyclic) bond motifs is 1. The molecule has 0 bridgehead atoms. The molecule has 1 aromatic carbocycles. The quantitative estimate of drug-likeness (QED) is 0.806. The van der Waals surface area contributed by atoms with Gasteiger partial charge >= 0.3 is 0 Å². The first-order valence-corrected chi connectivity index (χ1v) is 7.05. The molecule has 2 heterocycles. The number of rotatable bonds is 2. The SMILES string of the molecule is C[C@H]1CNCCN1C(=O)CN1C(=O)c2ccccc2C1=O.Cl. The van der Waals surface area contributed by atoms with Crippen LogP contribution in [0, 0.1) is 0 Å². The van der Waals surface area contributed by atoms with Crippen LogP contribution >= 0.6 is 12.4 Å². The largest absolute Gasteiger partial charge is 0.336 e. The maximum atomic E-state index is 12.4. The Bertz CT molecular complexity index is 585. The van der Waals surface area contributed by atoms with Gasteiger partial charge in [0.15, 0.2) is 0 Å². The number of amides is 3. The molecule has 3 rings (SSSR count). The second-order valence-electron chi connectivity index (χ2n) is 5.38. The Morgan fingerprint density at radius 3 is 2.36 bits per heavy atom. The second kappa shape index (κ2) is 6.46. The zero-order valence-corrected chi connectivity index (χ0v) is 13.1. The lowest BCUT2D eigenvalue weighted by Gasteiger charge is -2.34. The molecule has 1 atom stereocenters. The summed E-state index contributed by atoms with van der Waals surface area (Å²) in [5.41, 5.74) is 0.757. The van der Waals surface area contributed by atoms with Crippen molar-refractivity contribution in [3.05, 3.63) is 35.4 Å². The van der Waals surface area contributed by atoms with Gasteiger partial charge in [-0.05, 0) is 19.1 Å². The lowest BCUT2D eigenvalue weighted by Crippen LogP contribution is -2.55. The van der Waals surface area contributed by atoms with Crippen LogP contribution in [0.3, 0.4) is 0 Å². The van der Waals surface area contributed by atoms with E-state index in [1.54, 1.807) is 29.2 Å². The number of piperazine rings is 1. The number of carbonyl (C=O) groups excluding carboxylic acids is 3. The zero-order valence-electron chi connectivity index (χ0n) is 12.2. The van der Waals surface area contributed by atoms with Crippen molar-refractivity contribution in [1.82, 2.24) is 15.1 Å². The van der Waals surface area contributed by atoms with Crippen molar-refractivity contribution < 1.29 is 14.4 Å². The number of halogens is 1. The molecular formula is C15H18ClN3O3. The normalized spacial score (nSPS) is 20.7. The summed E-state index contributed by atoms with van der Waals surface area (Å²) < 4.78 is 0. The third-order valence-corrected chi connectivity index (χ3v) is 3.99. The molecule has 0 aliphatic carbocycles. The average molecular weight is 324 g/mol. The predicted molar refractivity (Wildman–Crippen MR) is 83.1 cm³/mol. The smallest absolute Gasteiger partial charge is 0.262 e. The highest BCUT2D eigenvalue weighted by Gasteiger charge is 2.37. The zero-order chi connectivity index (χ0) is 15.0. The fourth-order valence-electron chi connectivity index (χ4n) is 2.82. The Kier molecular flexibility index (Phi) is 4.83. The molecule has 0 saturated carbocycles. The van der Waals surface area contributed by atoms with Crippen LogP contribution in [-0.2, 0) is 4.79 Å². The minimum absolute atomic E-state index is 0. The van der Waals surface area contributed by atoms with Crippen molar-refractivity contribution >= 4 is 30.1 Å².